The van der Waals surface area contributed by atoms with Crippen LogP contribution in [0.25, 0.3) is 0 Å². The van der Waals surface area contributed by atoms with Gasteiger partial charge in [0.05, 0.1) is 19.3 Å². The van der Waals surface area contributed by atoms with Crippen molar-refractivity contribution >= 4 is 11.8 Å². The van der Waals surface area contributed by atoms with Gasteiger partial charge < -0.3 is 19.3 Å². The fraction of sp³-hybridized carbons (Fsp3) is 0.600. The maximum atomic E-state index is 13.2. The van der Waals surface area contributed by atoms with Crippen molar-refractivity contribution in [2.45, 2.75) is 25.1 Å². The number of amides is 2. The second-order valence-corrected chi connectivity index (χ2v) is 7.58. The first-order chi connectivity index (χ1) is 13.1. The van der Waals surface area contributed by atoms with Crippen LogP contribution in [0.3, 0.4) is 0 Å². The van der Waals surface area contributed by atoms with E-state index in [9.17, 15) is 9.59 Å². The molecule has 7 nitrogen and oxygen atoms in total. The highest BCUT2D eigenvalue weighted by Crippen LogP contribution is 2.33. The van der Waals surface area contributed by atoms with Crippen molar-refractivity contribution in [2.75, 3.05) is 53.0 Å². The van der Waals surface area contributed by atoms with Gasteiger partial charge in [-0.3, -0.25) is 14.5 Å². The van der Waals surface area contributed by atoms with Crippen LogP contribution in [0.5, 0.6) is 0 Å². The lowest BCUT2D eigenvalue weighted by molar-refractivity contribution is -0.172. The lowest BCUT2D eigenvalue weighted by Crippen LogP contribution is -2.66. The van der Waals surface area contributed by atoms with Crippen LogP contribution in [0, 0.1) is 6.92 Å². The molecular weight excluding hydrogens is 346 g/mol. The zero-order valence-corrected chi connectivity index (χ0v) is 16.0. The van der Waals surface area contributed by atoms with E-state index < -0.39 is 6.10 Å². The average Bonchev–Trinajstić information content (AvgIpc) is 2.64. The summed E-state index contributed by atoms with van der Waals surface area (Å²) in [6.45, 7) is 6.77. The quantitative estimate of drug-likeness (QED) is 0.769. The number of benzene rings is 1. The maximum absolute atomic E-state index is 13.2. The highest BCUT2D eigenvalue weighted by Gasteiger charge is 2.45. The first kappa shape index (κ1) is 18.4. The van der Waals surface area contributed by atoms with Gasteiger partial charge in [0.15, 0.2) is 6.10 Å². The topological polar surface area (TPSA) is 62.3 Å². The predicted molar refractivity (Wildman–Crippen MR) is 99.2 cm³/mol. The molecule has 1 aromatic rings. The second-order valence-electron chi connectivity index (χ2n) is 7.58. The van der Waals surface area contributed by atoms with Crippen molar-refractivity contribution in [2.24, 2.45) is 0 Å². The Hall–Kier alpha value is -1.96. The van der Waals surface area contributed by atoms with E-state index >= 15 is 0 Å². The molecule has 2 atom stereocenters. The SMILES string of the molecule is Cc1ccccc1C1C(C(=O)N2CC(N3CCOCC3)C2)OCC(=O)N1C. The fourth-order valence-electron chi connectivity index (χ4n) is 4.20. The number of aryl methyl sites for hydroxylation is 1. The summed E-state index contributed by atoms with van der Waals surface area (Å²) in [6.07, 6.45) is -0.653. The normalized spacial score (nSPS) is 27.6. The van der Waals surface area contributed by atoms with E-state index in [0.29, 0.717) is 6.04 Å². The molecule has 2 unspecified atom stereocenters. The molecule has 3 aliphatic heterocycles. The van der Waals surface area contributed by atoms with Crippen LogP contribution >= 0.6 is 0 Å². The molecule has 3 fully saturated rings. The number of carbonyl (C=O) groups is 2. The number of hydrogen-bond acceptors (Lipinski definition) is 5. The highest BCUT2D eigenvalue weighted by atomic mass is 16.5. The summed E-state index contributed by atoms with van der Waals surface area (Å²) < 4.78 is 11.2. The molecule has 0 bridgehead atoms. The maximum Gasteiger partial charge on any atom is 0.254 e. The van der Waals surface area contributed by atoms with Gasteiger partial charge in [-0.2, -0.15) is 0 Å². The number of rotatable bonds is 3. The molecule has 0 radical (unpaired) electrons. The number of morpholine rings is 2. The van der Waals surface area contributed by atoms with Gasteiger partial charge in [0.1, 0.15) is 6.61 Å². The van der Waals surface area contributed by atoms with Crippen molar-refractivity contribution in [3.8, 4) is 0 Å². The Morgan fingerprint density at radius 1 is 1.15 bits per heavy atom. The molecule has 1 aromatic carbocycles. The van der Waals surface area contributed by atoms with Crippen LogP contribution in [0.4, 0.5) is 0 Å². The molecule has 0 aliphatic carbocycles. The van der Waals surface area contributed by atoms with Crippen LogP contribution in [0.1, 0.15) is 17.2 Å². The Balaban J connectivity index is 1.48. The summed E-state index contributed by atoms with van der Waals surface area (Å²) in [5.41, 5.74) is 2.02. The van der Waals surface area contributed by atoms with Gasteiger partial charge in [0.25, 0.3) is 5.91 Å². The van der Waals surface area contributed by atoms with Crippen molar-refractivity contribution in [1.82, 2.24) is 14.7 Å². The summed E-state index contributed by atoms with van der Waals surface area (Å²) in [6, 6.07) is 7.89. The van der Waals surface area contributed by atoms with Crippen molar-refractivity contribution < 1.29 is 19.1 Å². The van der Waals surface area contributed by atoms with E-state index in [1.807, 2.05) is 36.1 Å². The Morgan fingerprint density at radius 2 is 1.85 bits per heavy atom. The van der Waals surface area contributed by atoms with Crippen LogP contribution in [0.15, 0.2) is 24.3 Å². The molecule has 3 saturated heterocycles. The highest BCUT2D eigenvalue weighted by molar-refractivity contribution is 5.87. The molecule has 3 heterocycles. The Labute approximate surface area is 159 Å². The fourth-order valence-corrected chi connectivity index (χ4v) is 4.20. The van der Waals surface area contributed by atoms with E-state index in [-0.39, 0.29) is 24.5 Å². The van der Waals surface area contributed by atoms with Gasteiger partial charge in [-0.15, -0.1) is 0 Å². The van der Waals surface area contributed by atoms with Gasteiger partial charge >= 0.3 is 0 Å². The smallest absolute Gasteiger partial charge is 0.254 e. The minimum absolute atomic E-state index is 0.0212. The molecule has 0 N–H and O–H groups in total. The number of likely N-dealkylation sites (N-methyl/N-ethyl adjacent to an activating group) is 1. The first-order valence-electron chi connectivity index (χ1n) is 9.59. The summed E-state index contributed by atoms with van der Waals surface area (Å²) in [5, 5.41) is 0. The van der Waals surface area contributed by atoms with Gasteiger partial charge in [-0.25, -0.2) is 0 Å². The summed E-state index contributed by atoms with van der Waals surface area (Å²) in [5.74, 6) is -0.116. The van der Waals surface area contributed by atoms with Crippen molar-refractivity contribution in [3.63, 3.8) is 0 Å². The van der Waals surface area contributed by atoms with Crippen LogP contribution in [0.2, 0.25) is 0 Å². The standard InChI is InChI=1S/C20H27N3O4/c1-14-5-3-4-6-16(14)18-19(27-13-17(24)21(18)2)20(25)23-11-15(12-23)22-7-9-26-10-8-22/h3-6,15,18-19H,7-13H2,1-2H3. The molecule has 146 valence electrons. The molecule has 7 heteroatoms. The van der Waals surface area contributed by atoms with Crippen LogP contribution in [-0.4, -0.2) is 91.7 Å². The molecule has 4 rings (SSSR count). The predicted octanol–water partition coefficient (Wildman–Crippen LogP) is 0.436. The molecule has 2 amide bonds. The monoisotopic (exact) mass is 373 g/mol. The summed E-state index contributed by atoms with van der Waals surface area (Å²) >= 11 is 0. The zero-order valence-electron chi connectivity index (χ0n) is 16.0. The van der Waals surface area contributed by atoms with Crippen LogP contribution in [-0.2, 0) is 19.1 Å². The Morgan fingerprint density at radius 3 is 2.56 bits per heavy atom. The van der Waals surface area contributed by atoms with Gasteiger partial charge in [0, 0.05) is 39.3 Å². The second kappa shape index (κ2) is 7.58. The van der Waals surface area contributed by atoms with Gasteiger partial charge in [-0.05, 0) is 18.1 Å². The largest absolute Gasteiger partial charge is 0.379 e. The molecule has 0 spiro atoms. The molecule has 3 aliphatic rings. The number of ether oxygens (including phenoxy) is 2. The summed E-state index contributed by atoms with van der Waals surface area (Å²) in [4.78, 5) is 31.3. The first-order valence-corrected chi connectivity index (χ1v) is 9.59. The molecular formula is C20H27N3O4. The zero-order chi connectivity index (χ0) is 19.0. The lowest BCUT2D eigenvalue weighted by atomic mass is 9.92. The van der Waals surface area contributed by atoms with E-state index in [1.165, 1.54) is 0 Å². The van der Waals surface area contributed by atoms with E-state index in [1.54, 1.807) is 11.9 Å². The number of hydrogen-bond donors (Lipinski definition) is 0. The number of likely N-dealkylation sites (tertiary alicyclic amines) is 1. The van der Waals surface area contributed by atoms with E-state index in [2.05, 4.69) is 4.90 Å². The molecule has 0 aromatic heterocycles. The third-order valence-electron chi connectivity index (χ3n) is 5.97. The van der Waals surface area contributed by atoms with Crippen LogP contribution < -0.4 is 0 Å². The van der Waals surface area contributed by atoms with Crippen molar-refractivity contribution in [1.29, 1.82) is 0 Å². The Kier molecular flexibility index (Phi) is 5.16. The van der Waals surface area contributed by atoms with Gasteiger partial charge in [0.2, 0.25) is 5.91 Å². The number of carbonyl (C=O) groups excluding carboxylic acids is 2. The third-order valence-corrected chi connectivity index (χ3v) is 5.97. The number of nitrogens with zero attached hydrogens (tertiary/aromatic N) is 3. The average molecular weight is 373 g/mol. The van der Waals surface area contributed by atoms with Crippen molar-refractivity contribution in [3.05, 3.63) is 35.4 Å². The third kappa shape index (κ3) is 3.47. The molecule has 0 saturated carbocycles. The molecule has 27 heavy (non-hydrogen) atoms. The minimum atomic E-state index is -0.653. The Bertz CT molecular complexity index is 713. The summed E-state index contributed by atoms with van der Waals surface area (Å²) in [7, 11) is 1.76. The van der Waals surface area contributed by atoms with E-state index in [4.69, 9.17) is 9.47 Å². The minimum Gasteiger partial charge on any atom is -0.379 e. The van der Waals surface area contributed by atoms with Gasteiger partial charge in [-0.1, -0.05) is 24.3 Å². The lowest BCUT2D eigenvalue weighted by Gasteiger charge is -2.49. The van der Waals surface area contributed by atoms with E-state index in [0.717, 1.165) is 50.5 Å².